The number of benzene rings is 1. The summed E-state index contributed by atoms with van der Waals surface area (Å²) >= 11 is 6.07. The number of aromatic nitrogens is 1. The van der Waals surface area contributed by atoms with Crippen LogP contribution in [0.5, 0.6) is 11.6 Å². The molecule has 2 rings (SSSR count). The largest absolute Gasteiger partial charge is 0.489 e. The molecule has 1 aromatic heterocycles. The summed E-state index contributed by atoms with van der Waals surface area (Å²) in [6.45, 7) is 0.783. The third-order valence-corrected chi connectivity index (χ3v) is 3.03. The third kappa shape index (κ3) is 3.36. The monoisotopic (exact) mass is 278 g/mol. The lowest BCUT2D eigenvalue weighted by atomic mass is 10.2. The maximum atomic E-state index is 6.07. The molecular weight excluding hydrogens is 264 g/mol. The van der Waals surface area contributed by atoms with Crippen LogP contribution in [-0.4, -0.2) is 12.1 Å². The van der Waals surface area contributed by atoms with Crippen molar-refractivity contribution < 1.29 is 9.47 Å². The van der Waals surface area contributed by atoms with Crippen LogP contribution in [-0.2, 0) is 13.2 Å². The van der Waals surface area contributed by atoms with Crippen molar-refractivity contribution in [2.45, 2.75) is 13.2 Å². The number of nitrogens with two attached hydrogens (primary N) is 1. The summed E-state index contributed by atoms with van der Waals surface area (Å²) in [7, 11) is 1.58. The Morgan fingerprint density at radius 1 is 1.26 bits per heavy atom. The SMILES string of the molecule is COc1ncccc1COc1ccc(CN)c(Cl)c1. The molecule has 0 radical (unpaired) electrons. The number of rotatable bonds is 5. The van der Waals surface area contributed by atoms with E-state index < -0.39 is 0 Å². The number of hydrogen-bond donors (Lipinski definition) is 1. The Balaban J connectivity index is 2.08. The zero-order valence-electron chi connectivity index (χ0n) is 10.6. The molecule has 0 aliphatic rings. The van der Waals surface area contributed by atoms with E-state index in [1.54, 1.807) is 19.4 Å². The molecule has 19 heavy (non-hydrogen) atoms. The number of hydrogen-bond acceptors (Lipinski definition) is 4. The lowest BCUT2D eigenvalue weighted by Crippen LogP contribution is -2.01. The van der Waals surface area contributed by atoms with Gasteiger partial charge < -0.3 is 15.2 Å². The van der Waals surface area contributed by atoms with Crippen LogP contribution in [0.1, 0.15) is 11.1 Å². The fourth-order valence-corrected chi connectivity index (χ4v) is 1.91. The second-order valence-electron chi connectivity index (χ2n) is 3.92. The van der Waals surface area contributed by atoms with Gasteiger partial charge >= 0.3 is 0 Å². The second kappa shape index (κ2) is 6.41. The molecule has 0 saturated heterocycles. The smallest absolute Gasteiger partial charge is 0.219 e. The molecule has 0 atom stereocenters. The Hall–Kier alpha value is -1.78. The van der Waals surface area contributed by atoms with Crippen molar-refractivity contribution >= 4 is 11.6 Å². The van der Waals surface area contributed by atoms with Crippen LogP contribution in [0.4, 0.5) is 0 Å². The quantitative estimate of drug-likeness (QED) is 0.914. The second-order valence-corrected chi connectivity index (χ2v) is 4.33. The Labute approximate surface area is 117 Å². The van der Waals surface area contributed by atoms with E-state index in [9.17, 15) is 0 Å². The van der Waals surface area contributed by atoms with Crippen molar-refractivity contribution in [2.75, 3.05) is 7.11 Å². The van der Waals surface area contributed by atoms with Gasteiger partial charge in [0.1, 0.15) is 12.4 Å². The zero-order chi connectivity index (χ0) is 13.7. The third-order valence-electron chi connectivity index (χ3n) is 2.68. The molecule has 2 N–H and O–H groups in total. The molecule has 0 aliphatic carbocycles. The molecule has 0 saturated carbocycles. The van der Waals surface area contributed by atoms with E-state index in [0.717, 1.165) is 11.1 Å². The Kier molecular flexibility index (Phi) is 4.60. The van der Waals surface area contributed by atoms with Crippen molar-refractivity contribution in [1.29, 1.82) is 0 Å². The van der Waals surface area contributed by atoms with Gasteiger partial charge in [-0.3, -0.25) is 0 Å². The van der Waals surface area contributed by atoms with Crippen molar-refractivity contribution in [2.24, 2.45) is 5.73 Å². The minimum absolute atomic E-state index is 0.370. The number of pyridine rings is 1. The summed E-state index contributed by atoms with van der Waals surface area (Å²) in [5.41, 5.74) is 7.33. The Morgan fingerprint density at radius 3 is 2.79 bits per heavy atom. The molecule has 1 aromatic carbocycles. The highest BCUT2D eigenvalue weighted by Crippen LogP contribution is 2.24. The van der Waals surface area contributed by atoms with E-state index in [2.05, 4.69) is 4.98 Å². The maximum absolute atomic E-state index is 6.07. The fraction of sp³-hybridized carbons (Fsp3) is 0.214. The molecule has 5 heteroatoms. The summed E-state index contributed by atoms with van der Waals surface area (Å²) in [6, 6.07) is 9.20. The molecule has 4 nitrogen and oxygen atoms in total. The number of nitrogens with zero attached hydrogens (tertiary/aromatic N) is 1. The van der Waals surface area contributed by atoms with E-state index in [-0.39, 0.29) is 0 Å². The predicted octanol–water partition coefficient (Wildman–Crippen LogP) is 2.78. The molecular formula is C14H15ClN2O2. The van der Waals surface area contributed by atoms with Gasteiger partial charge in [-0.1, -0.05) is 17.7 Å². The zero-order valence-corrected chi connectivity index (χ0v) is 11.4. The highest BCUT2D eigenvalue weighted by atomic mass is 35.5. The van der Waals surface area contributed by atoms with E-state index in [4.69, 9.17) is 26.8 Å². The van der Waals surface area contributed by atoms with Crippen LogP contribution in [0.15, 0.2) is 36.5 Å². The van der Waals surface area contributed by atoms with Gasteiger partial charge in [0, 0.05) is 17.8 Å². The average molecular weight is 279 g/mol. The number of ether oxygens (including phenoxy) is 2. The lowest BCUT2D eigenvalue weighted by Gasteiger charge is -2.10. The molecule has 0 amide bonds. The van der Waals surface area contributed by atoms with E-state index in [1.165, 1.54) is 0 Å². The topological polar surface area (TPSA) is 57.4 Å². The summed E-state index contributed by atoms with van der Waals surface area (Å²) in [6.07, 6.45) is 1.68. The van der Waals surface area contributed by atoms with Gasteiger partial charge in [0.05, 0.1) is 12.7 Å². The molecule has 1 heterocycles. The van der Waals surface area contributed by atoms with E-state index in [0.29, 0.717) is 29.8 Å². The molecule has 0 spiro atoms. The number of methoxy groups -OCH3 is 1. The standard InChI is InChI=1S/C14H15ClN2O2/c1-18-14-11(3-2-6-17-14)9-19-12-5-4-10(8-16)13(15)7-12/h2-7H,8-9,16H2,1H3. The van der Waals surface area contributed by atoms with Gasteiger partial charge in [0.2, 0.25) is 5.88 Å². The van der Waals surface area contributed by atoms with E-state index >= 15 is 0 Å². The maximum Gasteiger partial charge on any atom is 0.219 e. The van der Waals surface area contributed by atoms with Crippen molar-refractivity contribution in [3.63, 3.8) is 0 Å². The molecule has 0 bridgehead atoms. The van der Waals surface area contributed by atoms with Gasteiger partial charge in [0.15, 0.2) is 0 Å². The summed E-state index contributed by atoms with van der Waals surface area (Å²) in [4.78, 5) is 4.11. The minimum Gasteiger partial charge on any atom is -0.489 e. The van der Waals surface area contributed by atoms with E-state index in [1.807, 2.05) is 24.3 Å². The summed E-state index contributed by atoms with van der Waals surface area (Å²) in [5.74, 6) is 1.25. The van der Waals surface area contributed by atoms with Crippen LogP contribution in [0, 0.1) is 0 Å². The van der Waals surface area contributed by atoms with Crippen molar-refractivity contribution in [3.05, 3.63) is 52.7 Å². The Morgan fingerprint density at radius 2 is 2.11 bits per heavy atom. The summed E-state index contributed by atoms with van der Waals surface area (Å²) < 4.78 is 10.8. The van der Waals surface area contributed by atoms with Crippen LogP contribution in [0.25, 0.3) is 0 Å². The van der Waals surface area contributed by atoms with Gasteiger partial charge in [-0.2, -0.15) is 0 Å². The first-order chi connectivity index (χ1) is 9.24. The van der Waals surface area contributed by atoms with Crippen LogP contribution in [0.3, 0.4) is 0 Å². The summed E-state index contributed by atoms with van der Waals surface area (Å²) in [5, 5.41) is 0.609. The van der Waals surface area contributed by atoms with Crippen molar-refractivity contribution in [1.82, 2.24) is 4.98 Å². The fourth-order valence-electron chi connectivity index (χ4n) is 1.66. The van der Waals surface area contributed by atoms with Gasteiger partial charge in [-0.05, 0) is 29.8 Å². The highest BCUT2D eigenvalue weighted by molar-refractivity contribution is 6.31. The predicted molar refractivity (Wildman–Crippen MR) is 74.5 cm³/mol. The van der Waals surface area contributed by atoms with Crippen LogP contribution < -0.4 is 15.2 Å². The highest BCUT2D eigenvalue weighted by Gasteiger charge is 2.05. The molecule has 100 valence electrons. The molecule has 0 aliphatic heterocycles. The normalized spacial score (nSPS) is 10.3. The van der Waals surface area contributed by atoms with Gasteiger partial charge in [0.25, 0.3) is 0 Å². The first-order valence-corrected chi connectivity index (χ1v) is 6.21. The number of halogens is 1. The molecule has 2 aromatic rings. The lowest BCUT2D eigenvalue weighted by molar-refractivity contribution is 0.294. The van der Waals surface area contributed by atoms with Crippen molar-refractivity contribution in [3.8, 4) is 11.6 Å². The molecule has 0 unspecified atom stereocenters. The van der Waals surface area contributed by atoms with Gasteiger partial charge in [-0.25, -0.2) is 4.98 Å². The first kappa shape index (κ1) is 13.6. The minimum atomic E-state index is 0.370. The van der Waals surface area contributed by atoms with Gasteiger partial charge in [-0.15, -0.1) is 0 Å². The van der Waals surface area contributed by atoms with Crippen LogP contribution >= 0.6 is 11.6 Å². The Bertz CT molecular complexity index is 561. The molecule has 0 fully saturated rings. The average Bonchev–Trinajstić information content (AvgIpc) is 2.45. The first-order valence-electron chi connectivity index (χ1n) is 5.83. The van der Waals surface area contributed by atoms with Crippen LogP contribution in [0.2, 0.25) is 5.02 Å².